The van der Waals surface area contributed by atoms with Gasteiger partial charge in [-0.1, -0.05) is 0 Å². The second-order valence-corrected chi connectivity index (χ2v) is 5.92. The maximum atomic E-state index is 12.2. The maximum Gasteiger partial charge on any atom is 0.408 e. The molecule has 104 valence electrons. The molecular weight excluding hydrogens is 238 g/mol. The number of rotatable bonds is 2. The Kier molecular flexibility index (Phi) is 3.90. The normalized spacial score (nSPS) is 28.3. The van der Waals surface area contributed by atoms with Crippen LogP contribution < -0.4 is 0 Å². The van der Waals surface area contributed by atoms with E-state index in [-0.39, 0.29) is 25.5 Å². The Morgan fingerprint density at radius 3 is 2.39 bits per heavy atom. The summed E-state index contributed by atoms with van der Waals surface area (Å²) in [5.41, 5.74) is -1.88. The average molecular weight is 259 g/mol. The minimum Gasteiger partial charge on any atom is -0.465 e. The maximum absolute atomic E-state index is 12.2. The van der Waals surface area contributed by atoms with Gasteiger partial charge in [-0.3, -0.25) is 4.90 Å². The molecular formula is C12H21NO5. The van der Waals surface area contributed by atoms with E-state index in [1.807, 2.05) is 0 Å². The first kappa shape index (κ1) is 14.8. The lowest BCUT2D eigenvalue weighted by molar-refractivity contribution is -0.166. The molecule has 1 heterocycles. The van der Waals surface area contributed by atoms with Crippen LogP contribution in [-0.2, 0) is 9.53 Å². The van der Waals surface area contributed by atoms with Gasteiger partial charge in [0, 0.05) is 19.1 Å². The van der Waals surface area contributed by atoms with Crippen LogP contribution in [0.4, 0.5) is 4.79 Å². The molecule has 2 unspecified atom stereocenters. The highest BCUT2D eigenvalue weighted by atomic mass is 16.6. The van der Waals surface area contributed by atoms with Crippen LogP contribution >= 0.6 is 0 Å². The number of aliphatic hydroxyl groups is 1. The van der Waals surface area contributed by atoms with Crippen molar-refractivity contribution in [1.82, 2.24) is 4.90 Å². The van der Waals surface area contributed by atoms with Crippen molar-refractivity contribution in [2.24, 2.45) is 5.92 Å². The van der Waals surface area contributed by atoms with Crippen LogP contribution in [-0.4, -0.2) is 51.5 Å². The fraction of sp³-hybridized carbons (Fsp3) is 0.833. The van der Waals surface area contributed by atoms with Gasteiger partial charge < -0.3 is 14.9 Å². The molecule has 0 radical (unpaired) electrons. The third-order valence-corrected chi connectivity index (χ3v) is 3.05. The quantitative estimate of drug-likeness (QED) is 0.724. The summed E-state index contributed by atoms with van der Waals surface area (Å²) in [4.78, 5) is 24.4. The molecule has 0 aromatic heterocycles. The Balaban J connectivity index is 2.94. The van der Waals surface area contributed by atoms with Crippen molar-refractivity contribution in [2.45, 2.75) is 45.3 Å². The number of carbonyl (C=O) groups excluding carboxylic acids is 1. The summed E-state index contributed by atoms with van der Waals surface area (Å²) < 4.78 is 5.27. The number of carboxylic acid groups (broad SMARTS) is 1. The lowest BCUT2D eigenvalue weighted by atomic mass is 9.94. The molecule has 1 aliphatic rings. The first-order chi connectivity index (χ1) is 8.10. The van der Waals surface area contributed by atoms with E-state index in [0.717, 1.165) is 4.90 Å². The number of likely N-dealkylation sites (tertiary alicyclic amines) is 1. The fourth-order valence-corrected chi connectivity index (χ4v) is 2.19. The van der Waals surface area contributed by atoms with Gasteiger partial charge in [-0.2, -0.15) is 0 Å². The van der Waals surface area contributed by atoms with E-state index < -0.39 is 23.2 Å². The van der Waals surface area contributed by atoms with Gasteiger partial charge in [0.25, 0.3) is 0 Å². The smallest absolute Gasteiger partial charge is 0.408 e. The average Bonchev–Trinajstić information content (AvgIpc) is 2.54. The number of hydrogen-bond donors (Lipinski definition) is 2. The van der Waals surface area contributed by atoms with Crippen LogP contribution in [0.15, 0.2) is 0 Å². The Morgan fingerprint density at radius 2 is 2.00 bits per heavy atom. The Hall–Kier alpha value is -1.30. The van der Waals surface area contributed by atoms with E-state index in [1.54, 1.807) is 27.7 Å². The largest absolute Gasteiger partial charge is 0.465 e. The molecule has 1 rings (SSSR count). The Bertz CT molecular complexity index is 349. The molecule has 1 fully saturated rings. The summed E-state index contributed by atoms with van der Waals surface area (Å²) in [5, 5.41) is 18.3. The van der Waals surface area contributed by atoms with Gasteiger partial charge in [-0.05, 0) is 34.1 Å². The SMILES string of the molecule is CC(C)(C)OC(=O)C1(C)CC(CO)CN1C(=O)O. The van der Waals surface area contributed by atoms with Crippen molar-refractivity contribution in [3.63, 3.8) is 0 Å². The molecule has 0 saturated carbocycles. The third-order valence-electron chi connectivity index (χ3n) is 3.05. The van der Waals surface area contributed by atoms with Gasteiger partial charge in [0.15, 0.2) is 0 Å². The summed E-state index contributed by atoms with van der Waals surface area (Å²) in [6.07, 6.45) is -0.885. The Labute approximate surface area is 107 Å². The number of carbonyl (C=O) groups is 2. The second-order valence-electron chi connectivity index (χ2n) is 5.92. The molecule has 1 aliphatic heterocycles. The molecule has 2 atom stereocenters. The van der Waals surface area contributed by atoms with Crippen molar-refractivity contribution in [1.29, 1.82) is 0 Å². The zero-order valence-corrected chi connectivity index (χ0v) is 11.3. The minimum atomic E-state index is -1.22. The topological polar surface area (TPSA) is 87.1 Å². The van der Waals surface area contributed by atoms with Crippen LogP contribution in [0.3, 0.4) is 0 Å². The van der Waals surface area contributed by atoms with Crippen molar-refractivity contribution in [3.05, 3.63) is 0 Å². The number of nitrogens with zero attached hydrogens (tertiary/aromatic N) is 1. The highest BCUT2D eigenvalue weighted by Crippen LogP contribution is 2.35. The van der Waals surface area contributed by atoms with E-state index in [4.69, 9.17) is 14.9 Å². The lowest BCUT2D eigenvalue weighted by Crippen LogP contribution is -2.52. The summed E-state index contributed by atoms with van der Waals surface area (Å²) in [5.74, 6) is -0.785. The van der Waals surface area contributed by atoms with E-state index >= 15 is 0 Å². The van der Waals surface area contributed by atoms with E-state index in [1.165, 1.54) is 0 Å². The van der Waals surface area contributed by atoms with Gasteiger partial charge in [-0.25, -0.2) is 9.59 Å². The molecule has 0 aliphatic carbocycles. The number of ether oxygens (including phenoxy) is 1. The van der Waals surface area contributed by atoms with Crippen LogP contribution in [0.5, 0.6) is 0 Å². The monoisotopic (exact) mass is 259 g/mol. The molecule has 18 heavy (non-hydrogen) atoms. The van der Waals surface area contributed by atoms with Crippen molar-refractivity contribution in [2.75, 3.05) is 13.2 Å². The van der Waals surface area contributed by atoms with Gasteiger partial charge >= 0.3 is 12.1 Å². The summed E-state index contributed by atoms with van der Waals surface area (Å²) >= 11 is 0. The second kappa shape index (κ2) is 4.76. The van der Waals surface area contributed by atoms with Crippen LogP contribution in [0.1, 0.15) is 34.1 Å². The zero-order valence-electron chi connectivity index (χ0n) is 11.3. The van der Waals surface area contributed by atoms with Crippen LogP contribution in [0.25, 0.3) is 0 Å². The number of hydrogen-bond acceptors (Lipinski definition) is 4. The predicted octanol–water partition coefficient (Wildman–Crippen LogP) is 1.08. The molecule has 1 amide bonds. The van der Waals surface area contributed by atoms with Crippen LogP contribution in [0.2, 0.25) is 0 Å². The third kappa shape index (κ3) is 2.93. The van der Waals surface area contributed by atoms with Gasteiger partial charge in [-0.15, -0.1) is 0 Å². The van der Waals surface area contributed by atoms with Crippen LogP contribution in [0, 0.1) is 5.92 Å². The molecule has 0 spiro atoms. The first-order valence-electron chi connectivity index (χ1n) is 5.95. The van der Waals surface area contributed by atoms with Crippen molar-refractivity contribution < 1.29 is 24.5 Å². The molecule has 1 saturated heterocycles. The molecule has 0 aromatic carbocycles. The molecule has 2 N–H and O–H groups in total. The van der Waals surface area contributed by atoms with Gasteiger partial charge in [0.2, 0.25) is 0 Å². The van der Waals surface area contributed by atoms with Gasteiger partial charge in [0.1, 0.15) is 11.1 Å². The summed E-state index contributed by atoms with van der Waals surface area (Å²) in [7, 11) is 0. The summed E-state index contributed by atoms with van der Waals surface area (Å²) in [6.45, 7) is 6.77. The highest BCUT2D eigenvalue weighted by Gasteiger charge is 2.51. The first-order valence-corrected chi connectivity index (χ1v) is 5.95. The van der Waals surface area contributed by atoms with Crippen molar-refractivity contribution >= 4 is 12.1 Å². The summed E-state index contributed by atoms with van der Waals surface area (Å²) in [6, 6.07) is 0. The van der Waals surface area contributed by atoms with E-state index in [9.17, 15) is 9.59 Å². The van der Waals surface area contributed by atoms with E-state index in [2.05, 4.69) is 0 Å². The molecule has 0 aromatic rings. The Morgan fingerprint density at radius 1 is 1.44 bits per heavy atom. The molecule has 6 nitrogen and oxygen atoms in total. The zero-order chi connectivity index (χ0) is 14.1. The number of esters is 1. The van der Waals surface area contributed by atoms with E-state index in [0.29, 0.717) is 0 Å². The molecule has 0 bridgehead atoms. The number of aliphatic hydroxyl groups excluding tert-OH is 1. The highest BCUT2D eigenvalue weighted by molar-refractivity contribution is 5.86. The van der Waals surface area contributed by atoms with Gasteiger partial charge in [0.05, 0.1) is 0 Å². The standard InChI is InChI=1S/C12H21NO5/c1-11(2,3)18-9(15)12(4)5-8(7-14)6-13(12)10(16)17/h8,14H,5-7H2,1-4H3,(H,16,17). The predicted molar refractivity (Wildman–Crippen MR) is 64.2 cm³/mol. The minimum absolute atomic E-state index is 0.137. The molecule has 6 heteroatoms. The fourth-order valence-electron chi connectivity index (χ4n) is 2.19. The van der Waals surface area contributed by atoms with Crippen molar-refractivity contribution in [3.8, 4) is 0 Å². The lowest BCUT2D eigenvalue weighted by Gasteiger charge is -2.33. The number of amides is 1.